The van der Waals surface area contributed by atoms with Crippen molar-refractivity contribution in [1.29, 1.82) is 0 Å². The van der Waals surface area contributed by atoms with E-state index in [1.54, 1.807) is 0 Å². The van der Waals surface area contributed by atoms with Gasteiger partial charge < -0.3 is 47.7 Å². The zero-order chi connectivity index (χ0) is 43.0. The largest absolute Gasteiger partial charge is 0.459 e. The summed E-state index contributed by atoms with van der Waals surface area (Å²) >= 11 is 0. The van der Waals surface area contributed by atoms with E-state index in [4.69, 9.17) is 42.6 Å². The van der Waals surface area contributed by atoms with Gasteiger partial charge in [-0.2, -0.15) is 0 Å². The van der Waals surface area contributed by atoms with Crippen molar-refractivity contribution < 1.29 is 86.1 Å². The van der Waals surface area contributed by atoms with Crippen LogP contribution in [0.15, 0.2) is 12.2 Å². The van der Waals surface area contributed by atoms with Crippen LogP contribution in [0.3, 0.4) is 0 Å². The smallest absolute Gasteiger partial charge is 0.309 e. The van der Waals surface area contributed by atoms with Crippen LogP contribution >= 0.6 is 0 Å². The number of ether oxygens (including phenoxy) is 9. The number of rotatable bonds is 9. The summed E-state index contributed by atoms with van der Waals surface area (Å²) in [5, 5.41) is 13.3. The maximum atomic E-state index is 13.6. The number of aliphatic hydroxyl groups is 1. The summed E-state index contributed by atoms with van der Waals surface area (Å²) in [5.74, 6) is -14.6. The van der Waals surface area contributed by atoms with Gasteiger partial charge in [0.25, 0.3) is 0 Å². The van der Waals surface area contributed by atoms with E-state index in [1.807, 2.05) is 0 Å². The molecule has 3 fully saturated rings. The Hall–Kier alpha value is -4.58. The maximum absolute atomic E-state index is 13.6. The molecule has 1 saturated carbocycles. The van der Waals surface area contributed by atoms with Gasteiger partial charge in [-0.3, -0.25) is 38.4 Å². The van der Waals surface area contributed by atoms with E-state index >= 15 is 0 Å². The van der Waals surface area contributed by atoms with Crippen LogP contribution in [0.25, 0.3) is 0 Å². The minimum absolute atomic E-state index is 0.398. The van der Waals surface area contributed by atoms with Crippen LogP contribution in [-0.4, -0.2) is 113 Å². The zero-order valence-corrected chi connectivity index (χ0v) is 34.1. The molecule has 3 rings (SSSR count). The topological polar surface area (TPSA) is 240 Å². The first kappa shape index (κ1) is 45.8. The van der Waals surface area contributed by atoms with Crippen molar-refractivity contribution in [3.63, 3.8) is 0 Å². The zero-order valence-electron chi connectivity index (χ0n) is 34.1. The van der Waals surface area contributed by atoms with E-state index in [0.29, 0.717) is 0 Å². The van der Waals surface area contributed by atoms with Crippen LogP contribution in [0, 0.1) is 23.2 Å². The Bertz CT molecular complexity index is 1630. The minimum atomic E-state index is -2.85. The van der Waals surface area contributed by atoms with Crippen molar-refractivity contribution in [3.8, 4) is 0 Å². The predicted molar refractivity (Wildman–Crippen MR) is 187 cm³/mol. The first-order chi connectivity index (χ1) is 25.6. The molecule has 18 nitrogen and oxygen atoms in total. The van der Waals surface area contributed by atoms with Gasteiger partial charge in [0, 0.05) is 65.9 Å². The summed E-state index contributed by atoms with van der Waals surface area (Å²) in [7, 11) is 0. The van der Waals surface area contributed by atoms with E-state index in [-0.39, 0.29) is 0 Å². The van der Waals surface area contributed by atoms with Gasteiger partial charge in [-0.1, -0.05) is 41.2 Å². The van der Waals surface area contributed by atoms with Crippen molar-refractivity contribution in [2.24, 2.45) is 23.2 Å². The van der Waals surface area contributed by atoms with Crippen molar-refractivity contribution in [3.05, 3.63) is 12.2 Å². The van der Waals surface area contributed by atoms with Gasteiger partial charge in [-0.05, 0) is 6.92 Å². The highest BCUT2D eigenvalue weighted by Gasteiger charge is 2.80. The third kappa shape index (κ3) is 8.70. The first-order valence-corrected chi connectivity index (χ1v) is 18.1. The fraction of sp³-hybridized carbons (Fsp3) is 0.737. The molecule has 12 atom stereocenters. The van der Waals surface area contributed by atoms with Crippen molar-refractivity contribution in [2.45, 2.75) is 156 Å². The van der Waals surface area contributed by atoms with Crippen LogP contribution in [-0.2, 0) is 81.0 Å². The van der Waals surface area contributed by atoms with Gasteiger partial charge in [-0.25, -0.2) is 0 Å². The second-order valence-electron chi connectivity index (χ2n) is 15.8. The number of hydrogen-bond acceptors (Lipinski definition) is 18. The molecule has 56 heavy (non-hydrogen) atoms. The Morgan fingerprint density at radius 2 is 1.12 bits per heavy atom. The molecule has 0 amide bonds. The molecule has 0 aromatic heterocycles. The molecule has 314 valence electrons. The van der Waals surface area contributed by atoms with Gasteiger partial charge >= 0.3 is 47.8 Å². The van der Waals surface area contributed by atoms with Crippen LogP contribution < -0.4 is 0 Å². The molecule has 0 unspecified atom stereocenters. The van der Waals surface area contributed by atoms with Crippen LogP contribution in [0.4, 0.5) is 0 Å². The molecule has 0 radical (unpaired) electrons. The molecule has 0 aromatic carbocycles. The molecule has 0 spiro atoms. The van der Waals surface area contributed by atoms with E-state index in [0.717, 1.165) is 48.5 Å². The summed E-state index contributed by atoms with van der Waals surface area (Å²) in [5.41, 5.74) is -6.75. The van der Waals surface area contributed by atoms with Gasteiger partial charge in [0.15, 0.2) is 35.6 Å². The summed E-state index contributed by atoms with van der Waals surface area (Å²) in [6.07, 6.45) is -13.0. The fourth-order valence-corrected chi connectivity index (χ4v) is 8.43. The lowest BCUT2D eigenvalue weighted by Gasteiger charge is -2.49. The van der Waals surface area contributed by atoms with E-state index in [2.05, 4.69) is 6.58 Å². The summed E-state index contributed by atoms with van der Waals surface area (Å²) in [6.45, 7) is 20.0. The van der Waals surface area contributed by atoms with Crippen LogP contribution in [0.1, 0.15) is 96.4 Å². The number of esters is 8. The molecule has 1 N–H and O–H groups in total. The van der Waals surface area contributed by atoms with Crippen molar-refractivity contribution >= 4 is 47.8 Å². The number of hydrogen-bond donors (Lipinski definition) is 1. The number of carbonyl (C=O) groups is 8. The Morgan fingerprint density at radius 1 is 0.661 bits per heavy atom. The monoisotopic (exact) mass is 798 g/mol. The Morgan fingerprint density at radius 3 is 1.57 bits per heavy atom. The van der Waals surface area contributed by atoms with Crippen molar-refractivity contribution in [2.75, 3.05) is 0 Å². The SMILES string of the molecule is C=C1[C@H](OC(=O)C(C)C)[C@@H](OC(C)=O)[C@@H](OC(C)=O)C(C)(C)[C@@H]2O[C@](O)([C@H](C)[C@@H]2OC(C)=O)[C@@]2(OC(C)=O)C[C@@](C)(OC(C)=O)[C@H](OC(C)=O)[C@@H]2[C@H]1OC(C)=O. The Kier molecular flexibility index (Phi) is 13.5. The quantitative estimate of drug-likeness (QED) is 0.200. The summed E-state index contributed by atoms with van der Waals surface area (Å²) in [4.78, 5) is 105. The van der Waals surface area contributed by atoms with Gasteiger partial charge in [0.05, 0.1) is 17.8 Å². The van der Waals surface area contributed by atoms with Crippen LogP contribution in [0.2, 0.25) is 0 Å². The van der Waals surface area contributed by atoms with E-state index in [9.17, 15) is 43.5 Å². The molecule has 3 aliphatic rings. The average molecular weight is 799 g/mol. The average Bonchev–Trinajstić information content (AvgIpc) is 3.41. The van der Waals surface area contributed by atoms with Gasteiger partial charge in [0.1, 0.15) is 18.3 Å². The Balaban J connectivity index is 2.75. The molecule has 0 aromatic rings. The maximum Gasteiger partial charge on any atom is 0.309 e. The summed E-state index contributed by atoms with van der Waals surface area (Å²) < 4.78 is 53.8. The number of carbonyl (C=O) groups excluding carboxylic acids is 8. The van der Waals surface area contributed by atoms with E-state index < -0.39 is 143 Å². The van der Waals surface area contributed by atoms with Crippen molar-refractivity contribution in [1.82, 2.24) is 0 Å². The molecule has 1 aliphatic carbocycles. The molecule has 2 heterocycles. The normalized spacial score (nSPS) is 36.1. The lowest BCUT2D eigenvalue weighted by atomic mass is 9.68. The third-order valence-electron chi connectivity index (χ3n) is 10.4. The third-order valence-corrected chi connectivity index (χ3v) is 10.4. The van der Waals surface area contributed by atoms with Crippen LogP contribution in [0.5, 0.6) is 0 Å². The minimum Gasteiger partial charge on any atom is -0.459 e. The summed E-state index contributed by atoms with van der Waals surface area (Å²) in [6, 6.07) is 0. The molecule has 2 bridgehead atoms. The molecular weight excluding hydrogens is 744 g/mol. The Labute approximate surface area is 325 Å². The lowest BCUT2D eigenvalue weighted by molar-refractivity contribution is -0.334. The highest BCUT2D eigenvalue weighted by atomic mass is 16.7. The standard InChI is InChI=1S/C38H54O18/c1-16(2)34(46)53-28-17(3)27(48-19(5)39)26-31(51-22(8)42)36(14,54-24(10)44)15-37(26,55-25(11)45)38(47)18(4)29(49-20(6)40)33(56-38)35(12,13)32(52-23(9)43)30(28)50-21(7)41/h16,18,26-33,47H,3,15H2,1-2,4-14H3/t18-,26+,27+,28+,29+,30-,31-,32-,33-,36-,37-,38-/m1/s1. The molecule has 18 heteroatoms. The predicted octanol–water partition coefficient (Wildman–Crippen LogP) is 2.18. The first-order valence-electron chi connectivity index (χ1n) is 18.1. The molecule has 2 saturated heterocycles. The number of fused-ring (bicyclic) bond motifs is 4. The van der Waals surface area contributed by atoms with Gasteiger partial charge in [-0.15, -0.1) is 0 Å². The second kappa shape index (κ2) is 16.5. The second-order valence-corrected chi connectivity index (χ2v) is 15.8. The molecule has 2 aliphatic heterocycles. The molecular formula is C38H54O18. The fourth-order valence-electron chi connectivity index (χ4n) is 8.43. The highest BCUT2D eigenvalue weighted by Crippen LogP contribution is 2.62. The van der Waals surface area contributed by atoms with Gasteiger partial charge in [0.2, 0.25) is 5.79 Å². The lowest BCUT2D eigenvalue weighted by Crippen LogP contribution is -2.66. The van der Waals surface area contributed by atoms with E-state index in [1.165, 1.54) is 41.5 Å². The highest BCUT2D eigenvalue weighted by molar-refractivity contribution is 5.73.